The molecule has 4 rings (SSSR count). The molecule has 2 heteroatoms. The number of nitrogens with zero attached hydrogens (tertiary/aromatic N) is 2. The standard InChI is InChI=1S/C21H16N2/c1-15-7-9-17(10-8-15)21-13-18(16-5-3-2-4-6-16)19-14-22-12-11-20(19)23-21/h2-14H,1H3. The van der Waals surface area contributed by atoms with Crippen molar-refractivity contribution in [3.63, 3.8) is 0 Å². The smallest absolute Gasteiger partial charge is 0.0746 e. The lowest BCUT2D eigenvalue weighted by molar-refractivity contribution is 1.32. The lowest BCUT2D eigenvalue weighted by atomic mass is 9.99. The number of pyridine rings is 2. The van der Waals surface area contributed by atoms with Gasteiger partial charge in [-0.3, -0.25) is 4.98 Å². The van der Waals surface area contributed by atoms with Gasteiger partial charge in [-0.15, -0.1) is 0 Å². The van der Waals surface area contributed by atoms with Crippen molar-refractivity contribution in [1.29, 1.82) is 0 Å². The first kappa shape index (κ1) is 13.6. The molecule has 23 heavy (non-hydrogen) atoms. The Morgan fingerprint density at radius 1 is 0.783 bits per heavy atom. The van der Waals surface area contributed by atoms with Crippen LogP contribution in [-0.2, 0) is 0 Å². The summed E-state index contributed by atoms with van der Waals surface area (Å²) in [5.74, 6) is 0. The zero-order chi connectivity index (χ0) is 15.6. The Kier molecular flexibility index (Phi) is 3.35. The van der Waals surface area contributed by atoms with E-state index in [0.717, 1.165) is 22.2 Å². The molecule has 2 nitrogen and oxygen atoms in total. The number of hydrogen-bond acceptors (Lipinski definition) is 2. The molecule has 0 bridgehead atoms. The predicted octanol–water partition coefficient (Wildman–Crippen LogP) is 5.27. The monoisotopic (exact) mass is 296 g/mol. The lowest BCUT2D eigenvalue weighted by Gasteiger charge is -2.10. The molecule has 0 N–H and O–H groups in total. The molecule has 0 aliphatic heterocycles. The van der Waals surface area contributed by atoms with E-state index in [1.165, 1.54) is 16.7 Å². The summed E-state index contributed by atoms with van der Waals surface area (Å²) in [5.41, 5.74) is 6.69. The van der Waals surface area contributed by atoms with Gasteiger partial charge in [0, 0.05) is 23.3 Å². The van der Waals surface area contributed by atoms with E-state index < -0.39 is 0 Å². The zero-order valence-electron chi connectivity index (χ0n) is 12.9. The van der Waals surface area contributed by atoms with Crippen molar-refractivity contribution in [1.82, 2.24) is 9.97 Å². The second kappa shape index (κ2) is 5.65. The van der Waals surface area contributed by atoms with Gasteiger partial charge in [-0.1, -0.05) is 60.2 Å². The number of aromatic nitrogens is 2. The van der Waals surface area contributed by atoms with Gasteiger partial charge in [0.2, 0.25) is 0 Å². The fraction of sp³-hybridized carbons (Fsp3) is 0.0476. The average molecular weight is 296 g/mol. The number of aryl methyl sites for hydroxylation is 1. The fourth-order valence-corrected chi connectivity index (χ4v) is 2.80. The van der Waals surface area contributed by atoms with Crippen LogP contribution in [0.3, 0.4) is 0 Å². The predicted molar refractivity (Wildman–Crippen MR) is 95.1 cm³/mol. The summed E-state index contributed by atoms with van der Waals surface area (Å²) in [7, 11) is 0. The van der Waals surface area contributed by atoms with Gasteiger partial charge in [-0.05, 0) is 30.2 Å². The molecule has 2 aromatic carbocycles. The maximum absolute atomic E-state index is 4.82. The van der Waals surface area contributed by atoms with Crippen molar-refractivity contribution in [3.05, 3.63) is 84.7 Å². The molecule has 0 spiro atoms. The van der Waals surface area contributed by atoms with Crippen LogP contribution < -0.4 is 0 Å². The number of rotatable bonds is 2. The molecular weight excluding hydrogens is 280 g/mol. The Hall–Kier alpha value is -3.00. The van der Waals surface area contributed by atoms with E-state index in [1.807, 2.05) is 18.3 Å². The Morgan fingerprint density at radius 2 is 1.57 bits per heavy atom. The van der Waals surface area contributed by atoms with Crippen LogP contribution in [0.15, 0.2) is 79.1 Å². The highest BCUT2D eigenvalue weighted by atomic mass is 14.7. The summed E-state index contributed by atoms with van der Waals surface area (Å²) >= 11 is 0. The first-order valence-electron chi connectivity index (χ1n) is 7.68. The number of fused-ring (bicyclic) bond motifs is 1. The van der Waals surface area contributed by atoms with Crippen LogP contribution in [0.5, 0.6) is 0 Å². The molecule has 0 unspecified atom stereocenters. The Balaban J connectivity index is 1.99. The molecule has 0 saturated heterocycles. The molecule has 4 aromatic rings. The fourth-order valence-electron chi connectivity index (χ4n) is 2.80. The van der Waals surface area contributed by atoms with Gasteiger partial charge < -0.3 is 0 Å². The van der Waals surface area contributed by atoms with Gasteiger partial charge in [0.25, 0.3) is 0 Å². The van der Waals surface area contributed by atoms with E-state index in [1.54, 1.807) is 6.20 Å². The summed E-state index contributed by atoms with van der Waals surface area (Å²) in [6.07, 6.45) is 3.69. The second-order valence-corrected chi connectivity index (χ2v) is 5.68. The van der Waals surface area contributed by atoms with Gasteiger partial charge >= 0.3 is 0 Å². The Labute approximate surface area is 135 Å². The van der Waals surface area contributed by atoms with Gasteiger partial charge in [0.15, 0.2) is 0 Å². The summed E-state index contributed by atoms with van der Waals surface area (Å²) < 4.78 is 0. The summed E-state index contributed by atoms with van der Waals surface area (Å²) in [6, 6.07) is 23.0. The molecule has 2 heterocycles. The van der Waals surface area contributed by atoms with Gasteiger partial charge in [-0.2, -0.15) is 0 Å². The molecule has 0 amide bonds. The third-order valence-corrected chi connectivity index (χ3v) is 4.04. The lowest BCUT2D eigenvalue weighted by Crippen LogP contribution is -1.90. The first-order chi connectivity index (χ1) is 11.3. The second-order valence-electron chi connectivity index (χ2n) is 5.68. The Bertz CT molecular complexity index is 958. The van der Waals surface area contributed by atoms with Crippen LogP contribution >= 0.6 is 0 Å². The molecule has 0 fully saturated rings. The molecule has 0 radical (unpaired) electrons. The number of benzene rings is 2. The minimum absolute atomic E-state index is 0.969. The maximum Gasteiger partial charge on any atom is 0.0746 e. The van der Waals surface area contributed by atoms with E-state index in [4.69, 9.17) is 4.98 Å². The van der Waals surface area contributed by atoms with Crippen molar-refractivity contribution in [2.75, 3.05) is 0 Å². The first-order valence-corrected chi connectivity index (χ1v) is 7.68. The molecule has 0 aliphatic rings. The van der Waals surface area contributed by atoms with E-state index >= 15 is 0 Å². The third kappa shape index (κ3) is 2.59. The third-order valence-electron chi connectivity index (χ3n) is 4.04. The van der Waals surface area contributed by atoms with Gasteiger partial charge in [-0.25, -0.2) is 4.98 Å². The molecule has 110 valence electrons. The SMILES string of the molecule is Cc1ccc(-c2cc(-c3ccccc3)c3cnccc3n2)cc1. The quantitative estimate of drug-likeness (QED) is 0.503. The van der Waals surface area contributed by atoms with Gasteiger partial charge in [0.1, 0.15) is 0 Å². The molecule has 0 aliphatic carbocycles. The van der Waals surface area contributed by atoms with Crippen molar-refractivity contribution in [2.24, 2.45) is 0 Å². The van der Waals surface area contributed by atoms with E-state index in [-0.39, 0.29) is 0 Å². The molecule has 0 atom stereocenters. The van der Waals surface area contributed by atoms with Crippen LogP contribution in [0.1, 0.15) is 5.56 Å². The molecular formula is C21H16N2. The normalized spacial score (nSPS) is 10.8. The molecule has 2 aromatic heterocycles. The topological polar surface area (TPSA) is 25.8 Å². The van der Waals surface area contributed by atoms with E-state index in [9.17, 15) is 0 Å². The summed E-state index contributed by atoms with van der Waals surface area (Å²) in [5, 5.41) is 1.08. The highest BCUT2D eigenvalue weighted by Crippen LogP contribution is 2.31. The van der Waals surface area contributed by atoms with Crippen LogP contribution in [0, 0.1) is 6.92 Å². The van der Waals surface area contributed by atoms with Crippen LogP contribution in [0.2, 0.25) is 0 Å². The average Bonchev–Trinajstić information content (AvgIpc) is 2.62. The van der Waals surface area contributed by atoms with Gasteiger partial charge in [0.05, 0.1) is 11.2 Å². The van der Waals surface area contributed by atoms with Crippen molar-refractivity contribution in [3.8, 4) is 22.4 Å². The van der Waals surface area contributed by atoms with Crippen LogP contribution in [-0.4, -0.2) is 9.97 Å². The van der Waals surface area contributed by atoms with E-state index in [2.05, 4.69) is 66.5 Å². The Morgan fingerprint density at radius 3 is 2.35 bits per heavy atom. The van der Waals surface area contributed by atoms with Crippen molar-refractivity contribution in [2.45, 2.75) is 6.92 Å². The highest BCUT2D eigenvalue weighted by molar-refractivity contribution is 5.96. The highest BCUT2D eigenvalue weighted by Gasteiger charge is 2.09. The van der Waals surface area contributed by atoms with E-state index in [0.29, 0.717) is 0 Å². The molecule has 0 saturated carbocycles. The zero-order valence-corrected chi connectivity index (χ0v) is 12.9. The summed E-state index contributed by atoms with van der Waals surface area (Å²) in [4.78, 5) is 9.09. The minimum atomic E-state index is 0.969. The summed E-state index contributed by atoms with van der Waals surface area (Å²) in [6.45, 7) is 2.10. The largest absolute Gasteiger partial charge is 0.264 e. The van der Waals surface area contributed by atoms with Crippen molar-refractivity contribution >= 4 is 10.9 Å². The van der Waals surface area contributed by atoms with Crippen LogP contribution in [0.4, 0.5) is 0 Å². The maximum atomic E-state index is 4.82. The van der Waals surface area contributed by atoms with Crippen molar-refractivity contribution < 1.29 is 0 Å². The minimum Gasteiger partial charge on any atom is -0.264 e. The van der Waals surface area contributed by atoms with Crippen LogP contribution in [0.25, 0.3) is 33.3 Å². The number of hydrogen-bond donors (Lipinski definition) is 0.